The Kier molecular flexibility index (Phi) is 8.72. The lowest BCUT2D eigenvalue weighted by molar-refractivity contribution is 0.174. The number of ether oxygens (including phenoxy) is 1. The standard InChI is InChI=1S/C15H31NO/c1-3-5-6-7-8-9-15(16-11-4-2)14-10-12-17-13-14/h14-16H,3-13H2,1-2H3. The summed E-state index contributed by atoms with van der Waals surface area (Å²) in [6.07, 6.45) is 10.8. The molecule has 0 bridgehead atoms. The van der Waals surface area contributed by atoms with Crippen molar-refractivity contribution in [1.29, 1.82) is 0 Å². The smallest absolute Gasteiger partial charge is 0.0510 e. The van der Waals surface area contributed by atoms with Gasteiger partial charge in [-0.1, -0.05) is 46.0 Å². The van der Waals surface area contributed by atoms with Crippen molar-refractivity contribution in [2.45, 2.75) is 71.3 Å². The molecule has 0 spiro atoms. The van der Waals surface area contributed by atoms with Gasteiger partial charge in [-0.05, 0) is 31.7 Å². The number of hydrogen-bond donors (Lipinski definition) is 1. The fourth-order valence-corrected chi connectivity index (χ4v) is 2.67. The predicted molar refractivity (Wildman–Crippen MR) is 74.4 cm³/mol. The molecule has 17 heavy (non-hydrogen) atoms. The molecule has 0 aliphatic carbocycles. The summed E-state index contributed by atoms with van der Waals surface area (Å²) in [6.45, 7) is 7.65. The highest BCUT2D eigenvalue weighted by atomic mass is 16.5. The molecule has 1 N–H and O–H groups in total. The third kappa shape index (κ3) is 6.42. The molecule has 2 nitrogen and oxygen atoms in total. The Hall–Kier alpha value is -0.0800. The molecular formula is C15H31NO. The van der Waals surface area contributed by atoms with Crippen molar-refractivity contribution in [1.82, 2.24) is 5.32 Å². The van der Waals surface area contributed by atoms with Gasteiger partial charge in [0.1, 0.15) is 0 Å². The average molecular weight is 241 g/mol. The summed E-state index contributed by atoms with van der Waals surface area (Å²) < 4.78 is 5.52. The van der Waals surface area contributed by atoms with Crippen LogP contribution in [0, 0.1) is 5.92 Å². The third-order valence-corrected chi connectivity index (χ3v) is 3.81. The van der Waals surface area contributed by atoms with Crippen LogP contribution in [0.5, 0.6) is 0 Å². The molecule has 1 saturated heterocycles. The van der Waals surface area contributed by atoms with Gasteiger partial charge in [0.15, 0.2) is 0 Å². The van der Waals surface area contributed by atoms with Crippen molar-refractivity contribution in [3.63, 3.8) is 0 Å². The number of nitrogens with one attached hydrogen (secondary N) is 1. The molecule has 1 rings (SSSR count). The molecule has 0 aromatic rings. The topological polar surface area (TPSA) is 21.3 Å². The Morgan fingerprint density at radius 1 is 1.12 bits per heavy atom. The highest BCUT2D eigenvalue weighted by Crippen LogP contribution is 2.21. The zero-order valence-electron chi connectivity index (χ0n) is 11.8. The summed E-state index contributed by atoms with van der Waals surface area (Å²) in [7, 11) is 0. The van der Waals surface area contributed by atoms with Crippen molar-refractivity contribution < 1.29 is 4.74 Å². The molecule has 0 saturated carbocycles. The molecular weight excluding hydrogens is 210 g/mol. The van der Waals surface area contributed by atoms with E-state index in [9.17, 15) is 0 Å². The minimum absolute atomic E-state index is 0.707. The Balaban J connectivity index is 2.15. The maximum absolute atomic E-state index is 5.52. The fraction of sp³-hybridized carbons (Fsp3) is 1.00. The first-order valence-electron chi connectivity index (χ1n) is 7.69. The van der Waals surface area contributed by atoms with Crippen LogP contribution in [-0.2, 0) is 4.74 Å². The minimum Gasteiger partial charge on any atom is -0.381 e. The molecule has 1 heterocycles. The van der Waals surface area contributed by atoms with Crippen LogP contribution in [0.4, 0.5) is 0 Å². The zero-order valence-corrected chi connectivity index (χ0v) is 11.8. The normalized spacial score (nSPS) is 21.9. The van der Waals surface area contributed by atoms with Crippen molar-refractivity contribution in [3.8, 4) is 0 Å². The minimum atomic E-state index is 0.707. The molecule has 0 radical (unpaired) electrons. The van der Waals surface area contributed by atoms with Gasteiger partial charge in [-0.25, -0.2) is 0 Å². The Morgan fingerprint density at radius 3 is 2.59 bits per heavy atom. The third-order valence-electron chi connectivity index (χ3n) is 3.81. The molecule has 1 aliphatic heterocycles. The van der Waals surface area contributed by atoms with Crippen LogP contribution in [0.1, 0.15) is 65.2 Å². The number of rotatable bonds is 10. The lowest BCUT2D eigenvalue weighted by Gasteiger charge is -2.23. The summed E-state index contributed by atoms with van der Waals surface area (Å²) >= 11 is 0. The number of hydrogen-bond acceptors (Lipinski definition) is 2. The summed E-state index contributed by atoms with van der Waals surface area (Å²) in [4.78, 5) is 0. The van der Waals surface area contributed by atoms with Gasteiger partial charge in [0.05, 0.1) is 6.61 Å². The summed E-state index contributed by atoms with van der Waals surface area (Å²) in [5, 5.41) is 3.72. The van der Waals surface area contributed by atoms with Crippen LogP contribution >= 0.6 is 0 Å². The van der Waals surface area contributed by atoms with Crippen molar-refractivity contribution in [3.05, 3.63) is 0 Å². The SMILES string of the molecule is CCCCCCCC(NCCC)C1CCOC1. The maximum Gasteiger partial charge on any atom is 0.0510 e. The van der Waals surface area contributed by atoms with Crippen LogP contribution in [0.2, 0.25) is 0 Å². The van der Waals surface area contributed by atoms with E-state index in [0.29, 0.717) is 6.04 Å². The van der Waals surface area contributed by atoms with Gasteiger partial charge < -0.3 is 10.1 Å². The lowest BCUT2D eigenvalue weighted by Crippen LogP contribution is -2.37. The molecule has 0 aromatic carbocycles. The van der Waals surface area contributed by atoms with E-state index in [-0.39, 0.29) is 0 Å². The fourth-order valence-electron chi connectivity index (χ4n) is 2.67. The van der Waals surface area contributed by atoms with Crippen molar-refractivity contribution in [2.24, 2.45) is 5.92 Å². The van der Waals surface area contributed by atoms with E-state index in [0.717, 1.165) is 25.7 Å². The summed E-state index contributed by atoms with van der Waals surface area (Å²) in [5.74, 6) is 0.771. The van der Waals surface area contributed by atoms with Crippen molar-refractivity contribution in [2.75, 3.05) is 19.8 Å². The van der Waals surface area contributed by atoms with Gasteiger partial charge in [0.2, 0.25) is 0 Å². The van der Waals surface area contributed by atoms with Crippen molar-refractivity contribution >= 4 is 0 Å². The van der Waals surface area contributed by atoms with E-state index in [2.05, 4.69) is 19.2 Å². The van der Waals surface area contributed by atoms with Crippen LogP contribution in [-0.4, -0.2) is 25.8 Å². The Bertz CT molecular complexity index is 166. The van der Waals surface area contributed by atoms with E-state index in [1.54, 1.807) is 0 Å². The average Bonchev–Trinajstić information content (AvgIpc) is 2.86. The van der Waals surface area contributed by atoms with Gasteiger partial charge in [0.25, 0.3) is 0 Å². The largest absolute Gasteiger partial charge is 0.381 e. The quantitative estimate of drug-likeness (QED) is 0.588. The Morgan fingerprint density at radius 2 is 1.94 bits per heavy atom. The highest BCUT2D eigenvalue weighted by molar-refractivity contribution is 4.79. The van der Waals surface area contributed by atoms with E-state index >= 15 is 0 Å². The molecule has 2 unspecified atom stereocenters. The zero-order chi connectivity index (χ0) is 12.3. The first-order valence-corrected chi connectivity index (χ1v) is 7.69. The Labute approximate surface area is 108 Å². The molecule has 1 fully saturated rings. The summed E-state index contributed by atoms with van der Waals surface area (Å²) in [6, 6.07) is 0.707. The van der Waals surface area contributed by atoms with Crippen LogP contribution in [0.3, 0.4) is 0 Å². The summed E-state index contributed by atoms with van der Waals surface area (Å²) in [5.41, 5.74) is 0. The predicted octanol–water partition coefficient (Wildman–Crippen LogP) is 3.75. The molecule has 2 heteroatoms. The van der Waals surface area contributed by atoms with Gasteiger partial charge >= 0.3 is 0 Å². The molecule has 0 aromatic heterocycles. The second-order valence-corrected chi connectivity index (χ2v) is 5.39. The maximum atomic E-state index is 5.52. The molecule has 0 amide bonds. The molecule has 1 aliphatic rings. The van der Waals surface area contributed by atoms with Crippen LogP contribution in [0.25, 0.3) is 0 Å². The first-order chi connectivity index (χ1) is 8.38. The van der Waals surface area contributed by atoms with Gasteiger partial charge in [-0.3, -0.25) is 0 Å². The van der Waals surface area contributed by atoms with E-state index in [4.69, 9.17) is 4.74 Å². The lowest BCUT2D eigenvalue weighted by atomic mass is 9.93. The number of unbranched alkanes of at least 4 members (excludes halogenated alkanes) is 4. The molecule has 2 atom stereocenters. The second kappa shape index (κ2) is 9.90. The van der Waals surface area contributed by atoms with Gasteiger partial charge in [0, 0.05) is 12.6 Å². The van der Waals surface area contributed by atoms with Crippen LogP contribution < -0.4 is 5.32 Å². The van der Waals surface area contributed by atoms with Crippen LogP contribution in [0.15, 0.2) is 0 Å². The van der Waals surface area contributed by atoms with E-state index < -0.39 is 0 Å². The van der Waals surface area contributed by atoms with Gasteiger partial charge in [-0.2, -0.15) is 0 Å². The van der Waals surface area contributed by atoms with E-state index in [1.165, 1.54) is 51.4 Å². The van der Waals surface area contributed by atoms with E-state index in [1.807, 2.05) is 0 Å². The first kappa shape index (κ1) is 15.0. The molecule has 102 valence electrons. The second-order valence-electron chi connectivity index (χ2n) is 5.39. The van der Waals surface area contributed by atoms with Gasteiger partial charge in [-0.15, -0.1) is 0 Å². The highest BCUT2D eigenvalue weighted by Gasteiger charge is 2.24. The monoisotopic (exact) mass is 241 g/mol.